The summed E-state index contributed by atoms with van der Waals surface area (Å²) in [6, 6.07) is 9.70. The number of aromatic amines is 1. The molecule has 0 aliphatic carbocycles. The van der Waals surface area contributed by atoms with Gasteiger partial charge in [-0.05, 0) is 50.1 Å². The van der Waals surface area contributed by atoms with Crippen LogP contribution in [0.1, 0.15) is 38.9 Å². The van der Waals surface area contributed by atoms with Gasteiger partial charge in [-0.3, -0.25) is 9.78 Å². The first-order valence-corrected chi connectivity index (χ1v) is 8.70. The molecule has 5 nitrogen and oxygen atoms in total. The highest BCUT2D eigenvalue weighted by Gasteiger charge is 2.26. The summed E-state index contributed by atoms with van der Waals surface area (Å²) in [5.74, 6) is -0.0662. The summed E-state index contributed by atoms with van der Waals surface area (Å²) in [5.41, 5.74) is 5.75. The Hall–Kier alpha value is -2.66. The highest BCUT2D eigenvalue weighted by molar-refractivity contribution is 6.01. The molecule has 1 atom stereocenters. The van der Waals surface area contributed by atoms with Crippen molar-refractivity contribution in [3.05, 3.63) is 64.6 Å². The SMILES string of the molecule is COCC(c1ccccn1)N(C)C(=O)c1[nH]c2c(C)cc(C)cc2c1C. The Labute approximate surface area is 154 Å². The van der Waals surface area contributed by atoms with E-state index in [9.17, 15) is 4.79 Å². The number of H-pyrrole nitrogens is 1. The Balaban J connectivity index is 2.01. The minimum Gasteiger partial charge on any atom is -0.382 e. The Bertz CT molecular complexity index is 931. The molecule has 3 rings (SSSR count). The minimum absolute atomic E-state index is 0.0662. The molecule has 1 amide bonds. The second kappa shape index (κ2) is 7.30. The zero-order valence-electron chi connectivity index (χ0n) is 16.0. The van der Waals surface area contributed by atoms with Crippen LogP contribution in [0.5, 0.6) is 0 Å². The van der Waals surface area contributed by atoms with Crippen LogP contribution in [0, 0.1) is 20.8 Å². The van der Waals surface area contributed by atoms with Crippen LogP contribution in [0.2, 0.25) is 0 Å². The van der Waals surface area contributed by atoms with Crippen LogP contribution in [0.3, 0.4) is 0 Å². The Morgan fingerprint density at radius 2 is 2.04 bits per heavy atom. The van der Waals surface area contributed by atoms with E-state index in [1.54, 1.807) is 25.3 Å². The number of fused-ring (bicyclic) bond motifs is 1. The third-order valence-corrected chi connectivity index (χ3v) is 4.86. The van der Waals surface area contributed by atoms with E-state index < -0.39 is 0 Å². The van der Waals surface area contributed by atoms with Gasteiger partial charge in [0.2, 0.25) is 0 Å². The molecule has 3 aromatic rings. The number of nitrogens with one attached hydrogen (secondary N) is 1. The van der Waals surface area contributed by atoms with Gasteiger partial charge in [-0.25, -0.2) is 0 Å². The van der Waals surface area contributed by atoms with Crippen molar-refractivity contribution in [1.82, 2.24) is 14.9 Å². The first-order chi connectivity index (χ1) is 12.4. The molecular formula is C21H25N3O2. The first kappa shape index (κ1) is 18.1. The van der Waals surface area contributed by atoms with Crippen LogP contribution < -0.4 is 0 Å². The van der Waals surface area contributed by atoms with Gasteiger partial charge in [0.05, 0.1) is 18.3 Å². The zero-order valence-corrected chi connectivity index (χ0v) is 16.0. The molecular weight excluding hydrogens is 326 g/mol. The molecule has 0 bridgehead atoms. The van der Waals surface area contributed by atoms with E-state index >= 15 is 0 Å². The van der Waals surface area contributed by atoms with E-state index in [2.05, 4.69) is 35.9 Å². The Kier molecular flexibility index (Phi) is 5.09. The Morgan fingerprint density at radius 1 is 1.27 bits per heavy atom. The largest absolute Gasteiger partial charge is 0.382 e. The molecule has 0 aliphatic rings. The van der Waals surface area contributed by atoms with Crippen LogP contribution in [0.4, 0.5) is 0 Å². The molecule has 0 fully saturated rings. The highest BCUT2D eigenvalue weighted by atomic mass is 16.5. The summed E-state index contributed by atoms with van der Waals surface area (Å²) in [7, 11) is 3.43. The number of aromatic nitrogens is 2. The fourth-order valence-corrected chi connectivity index (χ4v) is 3.44. The van der Waals surface area contributed by atoms with Crippen molar-refractivity contribution < 1.29 is 9.53 Å². The van der Waals surface area contributed by atoms with E-state index in [0.717, 1.165) is 27.7 Å². The number of benzene rings is 1. The molecule has 2 heterocycles. The van der Waals surface area contributed by atoms with Crippen molar-refractivity contribution in [2.45, 2.75) is 26.8 Å². The fraction of sp³-hybridized carbons (Fsp3) is 0.333. The Morgan fingerprint density at radius 3 is 2.69 bits per heavy atom. The van der Waals surface area contributed by atoms with Gasteiger partial charge in [-0.15, -0.1) is 0 Å². The highest BCUT2D eigenvalue weighted by Crippen LogP contribution is 2.28. The van der Waals surface area contributed by atoms with Gasteiger partial charge >= 0.3 is 0 Å². The molecule has 0 saturated heterocycles. The smallest absolute Gasteiger partial charge is 0.270 e. The van der Waals surface area contributed by atoms with Crippen molar-refractivity contribution in [3.63, 3.8) is 0 Å². The van der Waals surface area contributed by atoms with Gasteiger partial charge in [-0.2, -0.15) is 0 Å². The predicted molar refractivity (Wildman–Crippen MR) is 103 cm³/mol. The molecule has 1 N–H and O–H groups in total. The summed E-state index contributed by atoms with van der Waals surface area (Å²) in [5, 5.41) is 1.10. The number of carbonyl (C=O) groups excluding carboxylic acids is 1. The number of hydrogen-bond donors (Lipinski definition) is 1. The van der Waals surface area contributed by atoms with Gasteiger partial charge in [0, 0.05) is 31.3 Å². The van der Waals surface area contributed by atoms with Crippen LogP contribution in [0.25, 0.3) is 10.9 Å². The molecule has 0 radical (unpaired) electrons. The monoisotopic (exact) mass is 351 g/mol. The van der Waals surface area contributed by atoms with Crippen molar-refractivity contribution >= 4 is 16.8 Å². The van der Waals surface area contributed by atoms with Crippen molar-refractivity contribution in [1.29, 1.82) is 0 Å². The number of carbonyl (C=O) groups is 1. The average Bonchev–Trinajstić information content (AvgIpc) is 2.96. The molecule has 1 unspecified atom stereocenters. The maximum atomic E-state index is 13.2. The number of likely N-dealkylation sites (N-methyl/N-ethyl adjacent to an activating group) is 1. The van der Waals surface area contributed by atoms with Gasteiger partial charge in [-0.1, -0.05) is 17.7 Å². The molecule has 26 heavy (non-hydrogen) atoms. The number of hydrogen-bond acceptors (Lipinski definition) is 3. The van der Waals surface area contributed by atoms with E-state index in [4.69, 9.17) is 4.74 Å². The number of ether oxygens (including phenoxy) is 1. The van der Waals surface area contributed by atoms with Crippen LogP contribution in [-0.4, -0.2) is 41.5 Å². The van der Waals surface area contributed by atoms with Crippen molar-refractivity contribution in [3.8, 4) is 0 Å². The molecule has 0 aliphatic heterocycles. The lowest BCUT2D eigenvalue weighted by atomic mass is 10.1. The number of methoxy groups -OCH3 is 1. The number of aryl methyl sites for hydroxylation is 3. The number of amides is 1. The molecule has 136 valence electrons. The average molecular weight is 351 g/mol. The lowest BCUT2D eigenvalue weighted by molar-refractivity contribution is 0.0590. The second-order valence-corrected chi connectivity index (χ2v) is 6.77. The van der Waals surface area contributed by atoms with E-state index in [-0.39, 0.29) is 11.9 Å². The third kappa shape index (κ3) is 3.22. The first-order valence-electron chi connectivity index (χ1n) is 8.70. The second-order valence-electron chi connectivity index (χ2n) is 6.77. The van der Waals surface area contributed by atoms with Gasteiger partial charge in [0.1, 0.15) is 5.69 Å². The fourth-order valence-electron chi connectivity index (χ4n) is 3.44. The van der Waals surface area contributed by atoms with Gasteiger partial charge in [0.15, 0.2) is 0 Å². The van der Waals surface area contributed by atoms with E-state index in [1.807, 2.05) is 25.1 Å². The minimum atomic E-state index is -0.248. The number of rotatable bonds is 5. The summed E-state index contributed by atoms with van der Waals surface area (Å²) in [6.07, 6.45) is 1.73. The lowest BCUT2D eigenvalue weighted by Crippen LogP contribution is -2.34. The zero-order chi connectivity index (χ0) is 18.8. The van der Waals surface area contributed by atoms with Gasteiger partial charge in [0.25, 0.3) is 5.91 Å². The maximum absolute atomic E-state index is 13.2. The summed E-state index contributed by atoms with van der Waals surface area (Å²) >= 11 is 0. The standard InChI is InChI=1S/C21H25N3O2/c1-13-10-14(2)19-16(11-13)15(3)20(23-19)21(25)24(4)18(12-26-5)17-8-6-7-9-22-17/h6-11,18,23H,12H2,1-5H3. The molecule has 0 saturated carbocycles. The van der Waals surface area contributed by atoms with E-state index in [1.165, 1.54) is 5.56 Å². The molecule has 1 aromatic carbocycles. The molecule has 0 spiro atoms. The van der Waals surface area contributed by atoms with Crippen LogP contribution in [0.15, 0.2) is 36.5 Å². The van der Waals surface area contributed by atoms with Crippen molar-refractivity contribution in [2.75, 3.05) is 20.8 Å². The number of nitrogens with zero attached hydrogens (tertiary/aromatic N) is 2. The van der Waals surface area contributed by atoms with Crippen LogP contribution in [-0.2, 0) is 4.74 Å². The summed E-state index contributed by atoms with van der Waals surface area (Å²) in [6.45, 7) is 6.51. The molecule has 5 heteroatoms. The quantitative estimate of drug-likeness (QED) is 0.757. The van der Waals surface area contributed by atoms with Crippen molar-refractivity contribution in [2.24, 2.45) is 0 Å². The van der Waals surface area contributed by atoms with Gasteiger partial charge < -0.3 is 14.6 Å². The lowest BCUT2D eigenvalue weighted by Gasteiger charge is -2.27. The molecule has 2 aromatic heterocycles. The summed E-state index contributed by atoms with van der Waals surface area (Å²) in [4.78, 5) is 22.7. The predicted octanol–water partition coefficient (Wildman–Crippen LogP) is 3.95. The maximum Gasteiger partial charge on any atom is 0.270 e. The normalized spacial score (nSPS) is 12.3. The third-order valence-electron chi connectivity index (χ3n) is 4.86. The number of pyridine rings is 1. The van der Waals surface area contributed by atoms with Crippen LogP contribution >= 0.6 is 0 Å². The van der Waals surface area contributed by atoms with E-state index in [0.29, 0.717) is 12.3 Å². The topological polar surface area (TPSA) is 58.2 Å². The summed E-state index contributed by atoms with van der Waals surface area (Å²) < 4.78 is 5.35.